The highest BCUT2D eigenvalue weighted by molar-refractivity contribution is 5.89. The van der Waals surface area contributed by atoms with Gasteiger partial charge in [0, 0.05) is 11.7 Å². The van der Waals surface area contributed by atoms with Crippen molar-refractivity contribution in [2.24, 2.45) is 5.92 Å². The van der Waals surface area contributed by atoms with Crippen molar-refractivity contribution < 1.29 is 19.1 Å². The number of anilines is 1. The molecule has 1 aromatic rings. The molecule has 1 aliphatic carbocycles. The van der Waals surface area contributed by atoms with E-state index in [1.54, 1.807) is 6.07 Å². The van der Waals surface area contributed by atoms with Crippen molar-refractivity contribution in [3.05, 3.63) is 30.1 Å². The standard InChI is InChI=1S/C13H15FN2O3/c14-9-2-1-3-10(7-9)15-13(19)16-11-5-4-8(6-11)12(17)18/h1-3,7-8,11H,4-6H2,(H,17,18)(H2,15,16,19). The number of amides is 2. The van der Waals surface area contributed by atoms with E-state index < -0.39 is 17.8 Å². The highest BCUT2D eigenvalue weighted by Gasteiger charge is 2.30. The number of aliphatic carboxylic acids is 1. The summed E-state index contributed by atoms with van der Waals surface area (Å²) >= 11 is 0. The van der Waals surface area contributed by atoms with Gasteiger partial charge in [-0.2, -0.15) is 0 Å². The summed E-state index contributed by atoms with van der Waals surface area (Å²) in [5, 5.41) is 14.1. The predicted octanol–water partition coefficient (Wildman–Crippen LogP) is 2.20. The van der Waals surface area contributed by atoms with E-state index in [-0.39, 0.29) is 12.0 Å². The zero-order chi connectivity index (χ0) is 13.8. The summed E-state index contributed by atoms with van der Waals surface area (Å²) in [5.74, 6) is -1.64. The molecule has 1 saturated carbocycles. The fraction of sp³-hybridized carbons (Fsp3) is 0.385. The maximum absolute atomic E-state index is 12.9. The number of hydrogen-bond acceptors (Lipinski definition) is 2. The van der Waals surface area contributed by atoms with Gasteiger partial charge in [0.2, 0.25) is 0 Å². The normalized spacial score (nSPS) is 21.9. The second-order valence-electron chi connectivity index (χ2n) is 4.65. The van der Waals surface area contributed by atoms with Crippen LogP contribution in [0, 0.1) is 11.7 Å². The van der Waals surface area contributed by atoms with Crippen molar-refractivity contribution in [3.63, 3.8) is 0 Å². The molecule has 3 N–H and O–H groups in total. The molecular formula is C13H15FN2O3. The van der Waals surface area contributed by atoms with E-state index in [0.717, 1.165) is 0 Å². The van der Waals surface area contributed by atoms with Crippen molar-refractivity contribution in [1.29, 1.82) is 0 Å². The maximum Gasteiger partial charge on any atom is 0.319 e. The van der Waals surface area contributed by atoms with E-state index in [2.05, 4.69) is 10.6 Å². The molecule has 0 saturated heterocycles. The minimum Gasteiger partial charge on any atom is -0.481 e. The van der Waals surface area contributed by atoms with Gasteiger partial charge in [-0.3, -0.25) is 4.79 Å². The molecule has 0 heterocycles. The van der Waals surface area contributed by atoms with Crippen LogP contribution in [0.2, 0.25) is 0 Å². The van der Waals surface area contributed by atoms with Gasteiger partial charge in [0.05, 0.1) is 5.92 Å². The Kier molecular flexibility index (Phi) is 3.99. The minimum atomic E-state index is -0.824. The monoisotopic (exact) mass is 266 g/mol. The molecule has 5 nitrogen and oxygen atoms in total. The lowest BCUT2D eigenvalue weighted by Crippen LogP contribution is -2.36. The first-order chi connectivity index (χ1) is 9.04. The zero-order valence-corrected chi connectivity index (χ0v) is 10.2. The molecule has 0 radical (unpaired) electrons. The summed E-state index contributed by atoms with van der Waals surface area (Å²) < 4.78 is 12.9. The lowest BCUT2D eigenvalue weighted by atomic mass is 10.1. The Morgan fingerprint density at radius 2 is 2.11 bits per heavy atom. The van der Waals surface area contributed by atoms with Crippen LogP contribution in [0.5, 0.6) is 0 Å². The van der Waals surface area contributed by atoms with Crippen molar-refractivity contribution in [3.8, 4) is 0 Å². The van der Waals surface area contributed by atoms with Gasteiger partial charge in [-0.05, 0) is 37.5 Å². The Balaban J connectivity index is 1.84. The Labute approximate surface area is 109 Å². The molecule has 1 aromatic carbocycles. The SMILES string of the molecule is O=C(Nc1cccc(F)c1)NC1CCC(C(=O)O)C1. The Morgan fingerprint density at radius 1 is 1.32 bits per heavy atom. The fourth-order valence-electron chi connectivity index (χ4n) is 2.26. The summed E-state index contributed by atoms with van der Waals surface area (Å²) in [6.45, 7) is 0. The highest BCUT2D eigenvalue weighted by atomic mass is 19.1. The Bertz CT molecular complexity index is 493. The molecular weight excluding hydrogens is 251 g/mol. The Hall–Kier alpha value is -2.11. The first-order valence-electron chi connectivity index (χ1n) is 6.10. The summed E-state index contributed by atoms with van der Waals surface area (Å²) in [5.41, 5.74) is 0.366. The first kappa shape index (κ1) is 13.3. The van der Waals surface area contributed by atoms with Crippen LogP contribution in [-0.4, -0.2) is 23.1 Å². The Morgan fingerprint density at radius 3 is 2.74 bits per heavy atom. The average Bonchev–Trinajstić information content (AvgIpc) is 2.77. The molecule has 2 rings (SSSR count). The van der Waals surface area contributed by atoms with Gasteiger partial charge in [0.1, 0.15) is 5.82 Å². The van der Waals surface area contributed by atoms with Crippen LogP contribution in [0.3, 0.4) is 0 Å². The number of hydrogen-bond donors (Lipinski definition) is 3. The smallest absolute Gasteiger partial charge is 0.319 e. The topological polar surface area (TPSA) is 78.4 Å². The van der Waals surface area contributed by atoms with Gasteiger partial charge in [-0.15, -0.1) is 0 Å². The van der Waals surface area contributed by atoms with Gasteiger partial charge in [-0.25, -0.2) is 9.18 Å². The van der Waals surface area contributed by atoms with Gasteiger partial charge < -0.3 is 15.7 Å². The van der Waals surface area contributed by atoms with Gasteiger partial charge in [0.25, 0.3) is 0 Å². The molecule has 2 amide bonds. The second kappa shape index (κ2) is 5.69. The first-order valence-corrected chi connectivity index (χ1v) is 6.10. The number of rotatable bonds is 3. The molecule has 19 heavy (non-hydrogen) atoms. The van der Waals surface area contributed by atoms with E-state index in [1.165, 1.54) is 18.2 Å². The molecule has 0 aliphatic heterocycles. The number of benzene rings is 1. The molecule has 102 valence electrons. The van der Waals surface area contributed by atoms with Crippen molar-refractivity contribution in [1.82, 2.24) is 5.32 Å². The lowest BCUT2D eigenvalue weighted by molar-refractivity contribution is -0.141. The largest absolute Gasteiger partial charge is 0.481 e. The van der Waals surface area contributed by atoms with Crippen LogP contribution < -0.4 is 10.6 Å². The summed E-state index contributed by atoms with van der Waals surface area (Å²) in [4.78, 5) is 22.5. The number of urea groups is 1. The molecule has 0 bridgehead atoms. The molecule has 2 unspecified atom stereocenters. The molecule has 0 spiro atoms. The van der Waals surface area contributed by atoms with Crippen LogP contribution in [0.25, 0.3) is 0 Å². The van der Waals surface area contributed by atoms with Crippen LogP contribution in [-0.2, 0) is 4.79 Å². The number of carboxylic acids is 1. The number of carbonyl (C=O) groups is 2. The van der Waals surface area contributed by atoms with Crippen LogP contribution in [0.1, 0.15) is 19.3 Å². The molecule has 2 atom stereocenters. The fourth-order valence-corrected chi connectivity index (χ4v) is 2.26. The average molecular weight is 266 g/mol. The van der Waals surface area contributed by atoms with Crippen molar-refractivity contribution >= 4 is 17.7 Å². The summed E-state index contributed by atoms with van der Waals surface area (Å²) in [7, 11) is 0. The summed E-state index contributed by atoms with van der Waals surface area (Å²) in [6, 6.07) is 5.00. The third-order valence-corrected chi connectivity index (χ3v) is 3.20. The van der Waals surface area contributed by atoms with Crippen LogP contribution in [0.15, 0.2) is 24.3 Å². The molecule has 1 aliphatic rings. The van der Waals surface area contributed by atoms with Gasteiger partial charge >= 0.3 is 12.0 Å². The second-order valence-corrected chi connectivity index (χ2v) is 4.65. The van der Waals surface area contributed by atoms with E-state index in [9.17, 15) is 14.0 Å². The van der Waals surface area contributed by atoms with Crippen molar-refractivity contribution in [2.45, 2.75) is 25.3 Å². The van der Waals surface area contributed by atoms with E-state index in [1.807, 2.05) is 0 Å². The minimum absolute atomic E-state index is 0.144. The number of nitrogens with one attached hydrogen (secondary N) is 2. The van der Waals surface area contributed by atoms with Crippen LogP contribution in [0.4, 0.5) is 14.9 Å². The van der Waals surface area contributed by atoms with E-state index in [0.29, 0.717) is 24.9 Å². The third-order valence-electron chi connectivity index (χ3n) is 3.20. The quantitative estimate of drug-likeness (QED) is 0.784. The summed E-state index contributed by atoms with van der Waals surface area (Å²) in [6.07, 6.45) is 1.65. The van der Waals surface area contributed by atoms with Crippen molar-refractivity contribution in [2.75, 3.05) is 5.32 Å². The number of carboxylic acid groups (broad SMARTS) is 1. The van der Waals surface area contributed by atoms with E-state index in [4.69, 9.17) is 5.11 Å². The predicted molar refractivity (Wildman–Crippen MR) is 67.3 cm³/mol. The van der Waals surface area contributed by atoms with Gasteiger partial charge in [0.15, 0.2) is 0 Å². The number of carbonyl (C=O) groups excluding carboxylic acids is 1. The molecule has 0 aromatic heterocycles. The zero-order valence-electron chi connectivity index (χ0n) is 10.2. The van der Waals surface area contributed by atoms with E-state index >= 15 is 0 Å². The highest BCUT2D eigenvalue weighted by Crippen LogP contribution is 2.25. The molecule has 1 fully saturated rings. The lowest BCUT2D eigenvalue weighted by Gasteiger charge is -2.13. The maximum atomic E-state index is 12.9. The van der Waals surface area contributed by atoms with Crippen LogP contribution >= 0.6 is 0 Å². The number of halogens is 1. The van der Waals surface area contributed by atoms with Gasteiger partial charge in [-0.1, -0.05) is 6.07 Å². The molecule has 6 heteroatoms. The third kappa shape index (κ3) is 3.67.